The minimum Gasteiger partial charge on any atom is -0.491 e. The Morgan fingerprint density at radius 1 is 1.33 bits per heavy atom. The van der Waals surface area contributed by atoms with E-state index in [1.54, 1.807) is 6.26 Å². The van der Waals surface area contributed by atoms with Crippen LogP contribution in [-0.4, -0.2) is 26.1 Å². The van der Waals surface area contributed by atoms with Crippen molar-refractivity contribution < 1.29 is 13.9 Å². The van der Waals surface area contributed by atoms with E-state index in [4.69, 9.17) is 9.15 Å². The molecule has 1 aromatic carbocycles. The van der Waals surface area contributed by atoms with E-state index in [-0.39, 0.29) is 11.9 Å². The summed E-state index contributed by atoms with van der Waals surface area (Å²) in [5.41, 5.74) is 2.61. The van der Waals surface area contributed by atoms with E-state index in [9.17, 15) is 4.79 Å². The Morgan fingerprint density at radius 2 is 2.19 bits per heavy atom. The summed E-state index contributed by atoms with van der Waals surface area (Å²) in [6.07, 6.45) is 1.67. The van der Waals surface area contributed by atoms with E-state index in [0.29, 0.717) is 24.5 Å². The van der Waals surface area contributed by atoms with Crippen molar-refractivity contribution in [2.24, 2.45) is 0 Å². The molecule has 1 aliphatic heterocycles. The van der Waals surface area contributed by atoms with Crippen molar-refractivity contribution in [2.45, 2.75) is 13.0 Å². The van der Waals surface area contributed by atoms with Crippen LogP contribution in [0.25, 0.3) is 0 Å². The highest BCUT2D eigenvalue weighted by atomic mass is 16.5. The quantitative estimate of drug-likeness (QED) is 0.906. The van der Waals surface area contributed by atoms with Gasteiger partial charge in [-0.3, -0.25) is 4.79 Å². The lowest BCUT2D eigenvalue weighted by Crippen LogP contribution is -2.24. The highest BCUT2D eigenvalue weighted by Crippen LogP contribution is 2.29. The first kappa shape index (κ1) is 13.7. The Kier molecular flexibility index (Phi) is 3.66. The van der Waals surface area contributed by atoms with Crippen molar-refractivity contribution >= 4 is 5.91 Å². The highest BCUT2D eigenvalue weighted by molar-refractivity contribution is 5.97. The molecule has 0 spiro atoms. The van der Waals surface area contributed by atoms with Crippen molar-refractivity contribution in [1.82, 2.24) is 10.6 Å². The standard InChI is InChI=1S/C16H18N2O3/c1-10-5-7-21-15(10)14(17-2)11-3-4-13-12(9-11)16(19)18-6-8-20-13/h3-5,7,9,14,17H,6,8H2,1-2H3,(H,18,19). The molecule has 5 heteroatoms. The normalized spacial score (nSPS) is 15.6. The second-order valence-electron chi connectivity index (χ2n) is 5.05. The number of ether oxygens (including phenoxy) is 1. The molecule has 0 bridgehead atoms. The van der Waals surface area contributed by atoms with Gasteiger partial charge in [0.1, 0.15) is 18.1 Å². The van der Waals surface area contributed by atoms with Gasteiger partial charge in [-0.15, -0.1) is 0 Å². The van der Waals surface area contributed by atoms with Crippen molar-refractivity contribution in [2.75, 3.05) is 20.2 Å². The minimum atomic E-state index is -0.102. The minimum absolute atomic E-state index is 0.0960. The first-order chi connectivity index (χ1) is 10.2. The smallest absolute Gasteiger partial charge is 0.255 e. The summed E-state index contributed by atoms with van der Waals surface area (Å²) in [4.78, 5) is 12.1. The molecule has 21 heavy (non-hydrogen) atoms. The van der Waals surface area contributed by atoms with Crippen LogP contribution in [0.3, 0.4) is 0 Å². The van der Waals surface area contributed by atoms with Gasteiger partial charge in [-0.05, 0) is 43.3 Å². The van der Waals surface area contributed by atoms with Crippen LogP contribution in [0, 0.1) is 6.92 Å². The maximum Gasteiger partial charge on any atom is 0.255 e. The predicted octanol–water partition coefficient (Wildman–Crippen LogP) is 2.02. The topological polar surface area (TPSA) is 63.5 Å². The van der Waals surface area contributed by atoms with Gasteiger partial charge in [-0.25, -0.2) is 0 Å². The number of nitrogens with one attached hydrogen (secondary N) is 2. The van der Waals surface area contributed by atoms with E-state index in [1.807, 2.05) is 38.2 Å². The Labute approximate surface area is 123 Å². The molecule has 3 rings (SSSR count). The molecule has 0 aliphatic carbocycles. The lowest BCUT2D eigenvalue weighted by Gasteiger charge is -2.17. The number of fused-ring (bicyclic) bond motifs is 1. The largest absolute Gasteiger partial charge is 0.491 e. The molecule has 1 atom stereocenters. The molecule has 0 saturated heterocycles. The number of amides is 1. The number of carbonyl (C=O) groups excluding carboxylic acids is 1. The van der Waals surface area contributed by atoms with E-state index < -0.39 is 0 Å². The van der Waals surface area contributed by atoms with Gasteiger partial charge in [0.2, 0.25) is 0 Å². The lowest BCUT2D eigenvalue weighted by atomic mass is 9.99. The predicted molar refractivity (Wildman–Crippen MR) is 78.6 cm³/mol. The fraction of sp³-hybridized carbons (Fsp3) is 0.312. The van der Waals surface area contributed by atoms with Crippen LogP contribution in [0.5, 0.6) is 5.75 Å². The first-order valence-corrected chi connectivity index (χ1v) is 6.97. The van der Waals surface area contributed by atoms with Crippen LogP contribution >= 0.6 is 0 Å². The van der Waals surface area contributed by atoms with Crippen LogP contribution in [-0.2, 0) is 0 Å². The Balaban J connectivity index is 2.02. The second kappa shape index (κ2) is 5.61. The van der Waals surface area contributed by atoms with Gasteiger partial charge in [-0.2, -0.15) is 0 Å². The zero-order chi connectivity index (χ0) is 14.8. The number of aryl methyl sites for hydroxylation is 1. The fourth-order valence-corrected chi connectivity index (χ4v) is 2.58. The molecule has 110 valence electrons. The molecule has 2 N–H and O–H groups in total. The molecule has 1 aliphatic rings. The van der Waals surface area contributed by atoms with Crippen LogP contribution in [0.2, 0.25) is 0 Å². The molecular formula is C16H18N2O3. The van der Waals surface area contributed by atoms with Gasteiger partial charge in [0.05, 0.1) is 24.4 Å². The molecule has 2 aromatic rings. The average Bonchev–Trinajstić information content (AvgIpc) is 2.82. The average molecular weight is 286 g/mol. The zero-order valence-electron chi connectivity index (χ0n) is 12.1. The van der Waals surface area contributed by atoms with Crippen LogP contribution in [0.1, 0.15) is 33.3 Å². The Hall–Kier alpha value is -2.27. The zero-order valence-corrected chi connectivity index (χ0v) is 12.1. The molecule has 5 nitrogen and oxygen atoms in total. The summed E-state index contributed by atoms with van der Waals surface area (Å²) in [7, 11) is 1.87. The van der Waals surface area contributed by atoms with E-state index in [0.717, 1.165) is 16.9 Å². The van der Waals surface area contributed by atoms with Gasteiger partial charge in [0.15, 0.2) is 0 Å². The number of carbonyl (C=O) groups is 1. The molecule has 1 aromatic heterocycles. The van der Waals surface area contributed by atoms with Crippen LogP contribution in [0.15, 0.2) is 34.9 Å². The molecule has 0 saturated carbocycles. The van der Waals surface area contributed by atoms with Gasteiger partial charge < -0.3 is 19.8 Å². The maximum absolute atomic E-state index is 12.1. The van der Waals surface area contributed by atoms with E-state index in [1.165, 1.54) is 0 Å². The number of furan rings is 1. The number of rotatable bonds is 3. The molecule has 2 heterocycles. The Bertz CT molecular complexity index is 663. The summed E-state index contributed by atoms with van der Waals surface area (Å²) in [5, 5.41) is 6.06. The number of benzene rings is 1. The summed E-state index contributed by atoms with van der Waals surface area (Å²) in [6, 6.07) is 7.50. The Morgan fingerprint density at radius 3 is 2.90 bits per heavy atom. The van der Waals surface area contributed by atoms with Crippen molar-refractivity contribution in [3.05, 3.63) is 53.0 Å². The third-order valence-corrected chi connectivity index (χ3v) is 3.68. The lowest BCUT2D eigenvalue weighted by molar-refractivity contribution is 0.0957. The SMILES string of the molecule is CNC(c1ccc2c(c1)C(=O)NCCO2)c1occc1C. The van der Waals surface area contributed by atoms with E-state index in [2.05, 4.69) is 10.6 Å². The number of hydrogen-bond donors (Lipinski definition) is 2. The first-order valence-electron chi connectivity index (χ1n) is 6.97. The molecular weight excluding hydrogens is 268 g/mol. The molecule has 1 unspecified atom stereocenters. The van der Waals surface area contributed by atoms with Gasteiger partial charge >= 0.3 is 0 Å². The van der Waals surface area contributed by atoms with Crippen molar-refractivity contribution in [3.63, 3.8) is 0 Å². The third kappa shape index (κ3) is 2.52. The summed E-state index contributed by atoms with van der Waals surface area (Å²) in [6.45, 7) is 3.02. The summed E-state index contributed by atoms with van der Waals surface area (Å²) >= 11 is 0. The maximum atomic E-state index is 12.1. The highest BCUT2D eigenvalue weighted by Gasteiger charge is 2.22. The summed E-state index contributed by atoms with van der Waals surface area (Å²) in [5.74, 6) is 1.38. The monoisotopic (exact) mass is 286 g/mol. The van der Waals surface area contributed by atoms with Crippen molar-refractivity contribution in [1.29, 1.82) is 0 Å². The molecule has 0 radical (unpaired) electrons. The van der Waals surface area contributed by atoms with Crippen molar-refractivity contribution in [3.8, 4) is 5.75 Å². The molecule has 1 amide bonds. The second-order valence-corrected chi connectivity index (χ2v) is 5.05. The van der Waals surface area contributed by atoms with Gasteiger partial charge in [0, 0.05) is 0 Å². The van der Waals surface area contributed by atoms with Crippen LogP contribution in [0.4, 0.5) is 0 Å². The fourth-order valence-electron chi connectivity index (χ4n) is 2.58. The summed E-state index contributed by atoms with van der Waals surface area (Å²) < 4.78 is 11.1. The van der Waals surface area contributed by atoms with Gasteiger partial charge in [-0.1, -0.05) is 6.07 Å². The molecule has 0 fully saturated rings. The van der Waals surface area contributed by atoms with Gasteiger partial charge in [0.25, 0.3) is 5.91 Å². The third-order valence-electron chi connectivity index (χ3n) is 3.68. The van der Waals surface area contributed by atoms with E-state index >= 15 is 0 Å². The van der Waals surface area contributed by atoms with Crippen LogP contribution < -0.4 is 15.4 Å². The number of hydrogen-bond acceptors (Lipinski definition) is 4.